The Labute approximate surface area is 117 Å². The molecule has 6 heteroatoms. The number of nitrogens with zero attached hydrogens (tertiary/aromatic N) is 4. The maximum atomic E-state index is 13.5. The van der Waals surface area contributed by atoms with Crippen molar-refractivity contribution < 1.29 is 4.39 Å². The van der Waals surface area contributed by atoms with Crippen molar-refractivity contribution in [1.82, 2.24) is 20.2 Å². The lowest BCUT2D eigenvalue weighted by atomic mass is 9.67. The molecule has 1 saturated carbocycles. The fourth-order valence-electron chi connectivity index (χ4n) is 2.88. The van der Waals surface area contributed by atoms with E-state index in [2.05, 4.69) is 22.4 Å². The average molecular weight is 275 g/mol. The second-order valence-electron chi connectivity index (χ2n) is 5.64. The van der Waals surface area contributed by atoms with E-state index in [1.807, 2.05) is 0 Å². The molecular weight excluding hydrogens is 257 g/mol. The number of halogens is 1. The fourth-order valence-corrected chi connectivity index (χ4v) is 2.88. The Bertz CT molecular complexity index is 592. The molecule has 1 heterocycles. The van der Waals surface area contributed by atoms with Crippen molar-refractivity contribution in [1.29, 1.82) is 0 Å². The minimum absolute atomic E-state index is 0.295. The van der Waals surface area contributed by atoms with Crippen LogP contribution in [0.5, 0.6) is 0 Å². The van der Waals surface area contributed by atoms with Gasteiger partial charge in [-0.05, 0) is 53.3 Å². The zero-order valence-electron chi connectivity index (χ0n) is 11.5. The highest BCUT2D eigenvalue weighted by atomic mass is 19.1. The van der Waals surface area contributed by atoms with E-state index in [0.29, 0.717) is 22.5 Å². The van der Waals surface area contributed by atoms with Gasteiger partial charge in [0.15, 0.2) is 5.82 Å². The van der Waals surface area contributed by atoms with Crippen LogP contribution in [0.2, 0.25) is 0 Å². The zero-order valence-corrected chi connectivity index (χ0v) is 11.5. The fraction of sp³-hybridized carbons (Fsp3) is 0.500. The van der Waals surface area contributed by atoms with Gasteiger partial charge in [0.2, 0.25) is 0 Å². The maximum absolute atomic E-state index is 13.5. The van der Waals surface area contributed by atoms with Crippen molar-refractivity contribution in [3.05, 3.63) is 24.0 Å². The largest absolute Gasteiger partial charge is 0.399 e. The Morgan fingerprint density at radius 2 is 2.15 bits per heavy atom. The molecule has 1 aromatic carbocycles. The first-order valence-corrected chi connectivity index (χ1v) is 6.94. The Hall–Kier alpha value is -1.98. The van der Waals surface area contributed by atoms with Crippen molar-refractivity contribution in [3.63, 3.8) is 0 Å². The van der Waals surface area contributed by atoms with E-state index < -0.39 is 0 Å². The van der Waals surface area contributed by atoms with Crippen molar-refractivity contribution in [2.75, 3.05) is 5.73 Å². The molecule has 3 rings (SSSR count). The number of aromatic nitrogens is 4. The van der Waals surface area contributed by atoms with E-state index in [0.717, 1.165) is 13.0 Å². The van der Waals surface area contributed by atoms with Gasteiger partial charge in [-0.3, -0.25) is 0 Å². The van der Waals surface area contributed by atoms with Crippen LogP contribution in [0, 0.1) is 11.2 Å². The molecule has 0 amide bonds. The summed E-state index contributed by atoms with van der Waals surface area (Å²) in [6.07, 6.45) is 4.78. The van der Waals surface area contributed by atoms with Gasteiger partial charge in [-0.25, -0.2) is 9.07 Å². The molecule has 0 spiro atoms. The third-order valence-corrected chi connectivity index (χ3v) is 4.36. The number of tetrazole rings is 1. The smallest absolute Gasteiger partial charge is 0.182 e. The molecule has 5 nitrogen and oxygen atoms in total. The van der Waals surface area contributed by atoms with E-state index in [9.17, 15) is 4.39 Å². The zero-order chi connectivity index (χ0) is 14.2. The molecule has 20 heavy (non-hydrogen) atoms. The molecule has 0 atom stereocenters. The number of rotatable bonds is 4. The highest BCUT2D eigenvalue weighted by Crippen LogP contribution is 2.45. The summed E-state index contributed by atoms with van der Waals surface area (Å²) in [4.78, 5) is 0. The minimum Gasteiger partial charge on any atom is -0.399 e. The number of nitrogen functional groups attached to an aromatic ring is 1. The van der Waals surface area contributed by atoms with Gasteiger partial charge in [-0.2, -0.15) is 0 Å². The summed E-state index contributed by atoms with van der Waals surface area (Å²) in [5.41, 5.74) is 6.98. The van der Waals surface area contributed by atoms with Crippen LogP contribution in [0.25, 0.3) is 11.4 Å². The lowest BCUT2D eigenvalue weighted by molar-refractivity contribution is 0.0948. The van der Waals surface area contributed by atoms with Crippen molar-refractivity contribution >= 4 is 5.69 Å². The first-order valence-electron chi connectivity index (χ1n) is 6.94. The Kier molecular flexibility index (Phi) is 3.16. The van der Waals surface area contributed by atoms with Crippen LogP contribution in [0.15, 0.2) is 18.2 Å². The van der Waals surface area contributed by atoms with Crippen LogP contribution >= 0.6 is 0 Å². The molecule has 1 fully saturated rings. The van der Waals surface area contributed by atoms with Crippen LogP contribution < -0.4 is 5.73 Å². The topological polar surface area (TPSA) is 69.6 Å². The van der Waals surface area contributed by atoms with Crippen LogP contribution in [-0.4, -0.2) is 20.2 Å². The highest BCUT2D eigenvalue weighted by molar-refractivity contribution is 5.61. The highest BCUT2D eigenvalue weighted by Gasteiger charge is 2.36. The molecule has 0 aliphatic heterocycles. The predicted octanol–water partition coefficient (Wildman–Crippen LogP) is 2.64. The van der Waals surface area contributed by atoms with Gasteiger partial charge in [0, 0.05) is 11.3 Å². The van der Waals surface area contributed by atoms with E-state index >= 15 is 0 Å². The average Bonchev–Trinajstić information content (AvgIpc) is 2.80. The molecule has 0 bridgehead atoms. The molecule has 0 saturated heterocycles. The Morgan fingerprint density at radius 1 is 1.35 bits per heavy atom. The molecule has 1 aromatic heterocycles. The summed E-state index contributed by atoms with van der Waals surface area (Å²) in [5, 5.41) is 11.8. The van der Waals surface area contributed by atoms with Gasteiger partial charge in [-0.1, -0.05) is 13.3 Å². The summed E-state index contributed by atoms with van der Waals surface area (Å²) in [6, 6.07) is 4.40. The van der Waals surface area contributed by atoms with Crippen LogP contribution in [0.3, 0.4) is 0 Å². The second kappa shape index (κ2) is 4.85. The lowest BCUT2D eigenvalue weighted by Crippen LogP contribution is -2.34. The van der Waals surface area contributed by atoms with Crippen LogP contribution in [0.4, 0.5) is 10.1 Å². The van der Waals surface area contributed by atoms with Gasteiger partial charge in [-0.15, -0.1) is 5.10 Å². The predicted molar refractivity (Wildman–Crippen MR) is 74.2 cm³/mol. The van der Waals surface area contributed by atoms with Gasteiger partial charge in [0.05, 0.1) is 6.54 Å². The molecule has 2 N–H and O–H groups in total. The normalized spacial score (nSPS) is 16.9. The van der Waals surface area contributed by atoms with E-state index in [1.165, 1.54) is 31.4 Å². The molecule has 1 aliphatic rings. The van der Waals surface area contributed by atoms with Crippen molar-refractivity contribution in [2.45, 2.75) is 39.2 Å². The third-order valence-electron chi connectivity index (χ3n) is 4.36. The first kappa shape index (κ1) is 13.0. The van der Waals surface area contributed by atoms with E-state index in [4.69, 9.17) is 5.73 Å². The Morgan fingerprint density at radius 3 is 2.75 bits per heavy atom. The number of anilines is 1. The summed E-state index contributed by atoms with van der Waals surface area (Å²) < 4.78 is 15.2. The van der Waals surface area contributed by atoms with Gasteiger partial charge >= 0.3 is 0 Å². The number of hydrogen-bond acceptors (Lipinski definition) is 4. The van der Waals surface area contributed by atoms with Crippen LogP contribution in [0.1, 0.15) is 32.6 Å². The van der Waals surface area contributed by atoms with E-state index in [1.54, 1.807) is 10.7 Å². The number of hydrogen-bond donors (Lipinski definition) is 1. The second-order valence-corrected chi connectivity index (χ2v) is 5.64. The quantitative estimate of drug-likeness (QED) is 0.871. The van der Waals surface area contributed by atoms with Crippen molar-refractivity contribution in [2.24, 2.45) is 5.41 Å². The van der Waals surface area contributed by atoms with Crippen molar-refractivity contribution in [3.8, 4) is 11.4 Å². The molecular formula is C14H18FN5. The molecule has 0 radical (unpaired) electrons. The molecule has 2 aromatic rings. The first-order chi connectivity index (χ1) is 9.62. The Balaban J connectivity index is 1.93. The lowest BCUT2D eigenvalue weighted by Gasteiger charge is -2.41. The number of nitrogens with two attached hydrogens (primary N) is 1. The van der Waals surface area contributed by atoms with Gasteiger partial charge < -0.3 is 5.73 Å². The summed E-state index contributed by atoms with van der Waals surface area (Å²) >= 11 is 0. The standard InChI is InChI=1S/C14H18FN5/c1-2-14(4-3-5-14)9-20-13(17-18-19-20)10-6-11(15)8-12(16)7-10/h6-8H,2-5,9,16H2,1H3. The van der Waals surface area contributed by atoms with Gasteiger partial charge in [0.25, 0.3) is 0 Å². The van der Waals surface area contributed by atoms with Gasteiger partial charge in [0.1, 0.15) is 5.82 Å². The number of benzene rings is 1. The molecule has 0 unspecified atom stereocenters. The summed E-state index contributed by atoms with van der Waals surface area (Å²) in [5.74, 6) is 0.208. The minimum atomic E-state index is -0.372. The van der Waals surface area contributed by atoms with E-state index in [-0.39, 0.29) is 5.82 Å². The maximum Gasteiger partial charge on any atom is 0.182 e. The summed E-state index contributed by atoms with van der Waals surface area (Å²) in [6.45, 7) is 2.98. The summed E-state index contributed by atoms with van der Waals surface area (Å²) in [7, 11) is 0. The third kappa shape index (κ3) is 2.26. The van der Waals surface area contributed by atoms with Crippen LogP contribution in [-0.2, 0) is 6.54 Å². The molecule has 1 aliphatic carbocycles. The SMILES string of the molecule is CCC1(Cn2nnnc2-c2cc(N)cc(F)c2)CCC1. The molecule has 106 valence electrons. The monoisotopic (exact) mass is 275 g/mol.